The van der Waals surface area contributed by atoms with Gasteiger partial charge in [0.05, 0.1) is 0 Å². The van der Waals surface area contributed by atoms with E-state index in [9.17, 15) is 0 Å². The van der Waals surface area contributed by atoms with Crippen LogP contribution in [0.1, 0.15) is 86.5 Å². The Balaban J connectivity index is 3.11. The van der Waals surface area contributed by atoms with E-state index >= 15 is 0 Å². The molecule has 3 heteroatoms. The first kappa shape index (κ1) is 24.6. The molecule has 0 nitrogen and oxygen atoms in total. The van der Waals surface area contributed by atoms with Gasteiger partial charge in [-0.3, -0.25) is 0 Å². The summed E-state index contributed by atoms with van der Waals surface area (Å²) in [5, 5.41) is 5.42. The van der Waals surface area contributed by atoms with Crippen molar-refractivity contribution in [2.45, 2.75) is 106 Å². The van der Waals surface area contributed by atoms with E-state index in [1.54, 1.807) is 12.8 Å². The second-order valence-corrected chi connectivity index (χ2v) is 18.4. The zero-order valence-corrected chi connectivity index (χ0v) is 22.2. The molecule has 1 aliphatic carbocycles. The Labute approximate surface area is 170 Å². The third-order valence-electron chi connectivity index (χ3n) is 7.07. The molecule has 0 aromatic rings. The van der Waals surface area contributed by atoms with Gasteiger partial charge in [-0.25, -0.2) is 0 Å². The van der Waals surface area contributed by atoms with Crippen LogP contribution in [0.2, 0.25) is 10.5 Å². The van der Waals surface area contributed by atoms with Crippen molar-refractivity contribution in [3.05, 3.63) is 0 Å². The minimum absolute atomic E-state index is 0.617. The summed E-state index contributed by atoms with van der Waals surface area (Å²) in [5.74, 6) is 1.69. The van der Waals surface area contributed by atoms with Crippen molar-refractivity contribution in [2.75, 3.05) is 12.3 Å². The fourth-order valence-corrected chi connectivity index (χ4v) is 14.1. The van der Waals surface area contributed by atoms with Crippen LogP contribution in [-0.2, 0) is 17.9 Å². The average molecular weight is 421 g/mol. The fraction of sp³-hybridized carbons (Fsp3) is 1.00. The summed E-state index contributed by atoms with van der Waals surface area (Å²) in [4.78, 5) is 0. The predicted octanol–water partition coefficient (Wildman–Crippen LogP) is 8.21. The van der Waals surface area contributed by atoms with Gasteiger partial charge in [0.1, 0.15) is 0 Å². The molecule has 149 valence electrons. The fourth-order valence-electron chi connectivity index (χ4n) is 5.03. The number of unbranched alkanes of at least 4 members (excludes halogenated alkanes) is 2. The minimum atomic E-state index is -0.959. The van der Waals surface area contributed by atoms with Crippen LogP contribution in [0.15, 0.2) is 0 Å². The van der Waals surface area contributed by atoms with Crippen LogP contribution in [0.5, 0.6) is 0 Å². The molecule has 4 unspecified atom stereocenters. The Hall–Kier alpha value is 1.57. The molecule has 0 N–H and O–H groups in total. The van der Waals surface area contributed by atoms with Gasteiger partial charge in [0.2, 0.25) is 0 Å². The summed E-state index contributed by atoms with van der Waals surface area (Å²) in [6.07, 6.45) is 13.4. The zero-order valence-electron chi connectivity index (χ0n) is 18.6. The first-order chi connectivity index (χ1) is 11.7. The molecule has 0 radical (unpaired) electrons. The zero-order chi connectivity index (χ0) is 19.1. The number of hydrogen-bond donors (Lipinski definition) is 0. The maximum absolute atomic E-state index is 2.71. The molecule has 25 heavy (non-hydrogen) atoms. The van der Waals surface area contributed by atoms with Crippen LogP contribution >= 0.6 is 17.2 Å². The molecule has 1 saturated carbocycles. The van der Waals surface area contributed by atoms with E-state index < -0.39 is 17.9 Å². The second-order valence-electron chi connectivity index (χ2n) is 9.49. The topological polar surface area (TPSA) is 0 Å². The van der Waals surface area contributed by atoms with Gasteiger partial charge >= 0.3 is 171 Å². The molecular formula is C22H47P2Ti. The standard InChI is InChI=1S/C20H41P2.2CH3.Ti/c1-7-9-11-21-18-13-19(22-12-10-8-2)15-20(14-18,16(3)4)17(5)6;;;/h16-18,21-22H,7-15H2,1-6H3;2*1H3;. The summed E-state index contributed by atoms with van der Waals surface area (Å²) >= 11 is -0.959. The van der Waals surface area contributed by atoms with Crippen molar-refractivity contribution < 1.29 is 17.9 Å². The molecule has 1 rings (SSSR count). The molecule has 1 fully saturated rings. The molecule has 0 heterocycles. The molecule has 1 aliphatic rings. The quantitative estimate of drug-likeness (QED) is 0.179. The molecule has 0 bridgehead atoms. The van der Waals surface area contributed by atoms with Gasteiger partial charge in [-0.05, 0) is 0 Å². The molecule has 0 aromatic carbocycles. The van der Waals surface area contributed by atoms with Gasteiger partial charge in [-0.1, -0.05) is 0 Å². The van der Waals surface area contributed by atoms with Gasteiger partial charge < -0.3 is 0 Å². The van der Waals surface area contributed by atoms with Crippen molar-refractivity contribution >= 4 is 17.2 Å². The van der Waals surface area contributed by atoms with Crippen molar-refractivity contribution in [2.24, 2.45) is 17.3 Å². The van der Waals surface area contributed by atoms with E-state index in [0.29, 0.717) is 5.41 Å². The Bertz CT molecular complexity index is 359. The van der Waals surface area contributed by atoms with Crippen LogP contribution < -0.4 is 0 Å². The van der Waals surface area contributed by atoms with Crippen molar-refractivity contribution in [1.82, 2.24) is 0 Å². The second kappa shape index (κ2) is 11.5. The number of rotatable bonds is 11. The third kappa shape index (κ3) is 6.55. The molecule has 4 atom stereocenters. The van der Waals surface area contributed by atoms with E-state index in [1.807, 2.05) is 0 Å². The maximum atomic E-state index is 2.71. The Morgan fingerprint density at radius 3 is 1.96 bits per heavy atom. The average Bonchev–Trinajstić information content (AvgIpc) is 2.54. The van der Waals surface area contributed by atoms with Gasteiger partial charge in [0.25, 0.3) is 0 Å². The molecular weight excluding hydrogens is 374 g/mol. The molecule has 0 amide bonds. The van der Waals surface area contributed by atoms with Crippen LogP contribution in [0, 0.1) is 17.3 Å². The van der Waals surface area contributed by atoms with Crippen molar-refractivity contribution in [3.63, 3.8) is 0 Å². The SMILES string of the molecule is CCCCPC1CC(C(C)C)(C(C)C)C[C](PCCCC)([Ti]([CH3])[CH3])C1. The van der Waals surface area contributed by atoms with E-state index in [0.717, 1.165) is 21.0 Å². The molecule has 0 aromatic heterocycles. The van der Waals surface area contributed by atoms with Crippen LogP contribution in [0.3, 0.4) is 0 Å². The van der Waals surface area contributed by atoms with Gasteiger partial charge in [0.15, 0.2) is 0 Å². The molecule has 0 spiro atoms. The normalized spacial score (nSPS) is 27.4. The van der Waals surface area contributed by atoms with E-state index in [1.165, 1.54) is 61.6 Å². The van der Waals surface area contributed by atoms with Gasteiger partial charge in [-0.15, -0.1) is 0 Å². The van der Waals surface area contributed by atoms with E-state index in [-0.39, 0.29) is 0 Å². The van der Waals surface area contributed by atoms with Crippen molar-refractivity contribution in [1.29, 1.82) is 0 Å². The van der Waals surface area contributed by atoms with Crippen LogP contribution in [-0.4, -0.2) is 21.4 Å². The third-order valence-corrected chi connectivity index (χ3v) is 16.8. The summed E-state index contributed by atoms with van der Waals surface area (Å²) in [6.45, 7) is 14.9. The summed E-state index contributed by atoms with van der Waals surface area (Å²) in [5.41, 5.74) is 1.66. The van der Waals surface area contributed by atoms with Gasteiger partial charge in [-0.2, -0.15) is 0 Å². The Morgan fingerprint density at radius 1 is 0.920 bits per heavy atom. The number of hydrogen-bond acceptors (Lipinski definition) is 0. The Morgan fingerprint density at radius 2 is 1.48 bits per heavy atom. The first-order valence-corrected chi connectivity index (χ1v) is 17.4. The van der Waals surface area contributed by atoms with E-state index in [2.05, 4.69) is 52.0 Å². The van der Waals surface area contributed by atoms with E-state index in [4.69, 9.17) is 0 Å². The monoisotopic (exact) mass is 421 g/mol. The molecule has 0 aliphatic heterocycles. The summed E-state index contributed by atoms with van der Waals surface area (Å²) < 4.78 is 0.797. The Kier molecular flexibility index (Phi) is 11.4. The first-order valence-electron chi connectivity index (χ1n) is 11.0. The van der Waals surface area contributed by atoms with Gasteiger partial charge in [0, 0.05) is 0 Å². The van der Waals surface area contributed by atoms with Crippen LogP contribution in [0.25, 0.3) is 0 Å². The van der Waals surface area contributed by atoms with Crippen molar-refractivity contribution in [3.8, 4) is 0 Å². The molecule has 0 saturated heterocycles. The predicted molar refractivity (Wildman–Crippen MR) is 120 cm³/mol. The summed E-state index contributed by atoms with van der Waals surface area (Å²) in [7, 11) is 2.50. The summed E-state index contributed by atoms with van der Waals surface area (Å²) in [6, 6.07) is 0. The van der Waals surface area contributed by atoms with Crippen LogP contribution in [0.4, 0.5) is 0 Å².